The Bertz CT molecular complexity index is 527. The standard InChI is InChI=1S/C13H11NO2.C2H7N/c1-10-3-2-4-12(7-10)16-13-5-6-14-11(8-13)9-15;1-3-2/h2-9H,1H3;3H,1-2H3. The average Bonchev–Trinajstić information content (AvgIpc) is 2.40. The van der Waals surface area contributed by atoms with Crippen molar-refractivity contribution in [3.05, 3.63) is 53.9 Å². The first kappa shape index (κ1) is 14.9. The second-order valence-corrected chi connectivity index (χ2v) is 3.95. The Kier molecular flexibility index (Phi) is 6.26. The monoisotopic (exact) mass is 258 g/mol. The van der Waals surface area contributed by atoms with E-state index >= 15 is 0 Å². The van der Waals surface area contributed by atoms with Crippen molar-refractivity contribution < 1.29 is 9.53 Å². The third-order valence-electron chi connectivity index (χ3n) is 2.10. The highest BCUT2D eigenvalue weighted by Crippen LogP contribution is 2.21. The largest absolute Gasteiger partial charge is 0.457 e. The van der Waals surface area contributed by atoms with Gasteiger partial charge in [-0.3, -0.25) is 9.78 Å². The molecule has 100 valence electrons. The number of ether oxygens (including phenoxy) is 1. The molecule has 0 aliphatic rings. The molecule has 2 rings (SSSR count). The first-order valence-electron chi connectivity index (χ1n) is 5.94. The number of pyridine rings is 1. The summed E-state index contributed by atoms with van der Waals surface area (Å²) in [5, 5.41) is 2.75. The smallest absolute Gasteiger partial charge is 0.168 e. The van der Waals surface area contributed by atoms with Gasteiger partial charge in [-0.2, -0.15) is 0 Å². The first-order valence-corrected chi connectivity index (χ1v) is 5.94. The maximum Gasteiger partial charge on any atom is 0.168 e. The summed E-state index contributed by atoms with van der Waals surface area (Å²) >= 11 is 0. The van der Waals surface area contributed by atoms with E-state index in [1.165, 1.54) is 0 Å². The molecule has 19 heavy (non-hydrogen) atoms. The number of hydrogen-bond donors (Lipinski definition) is 1. The number of carbonyl (C=O) groups excluding carboxylic acids is 1. The maximum absolute atomic E-state index is 10.5. The van der Waals surface area contributed by atoms with Gasteiger partial charge in [-0.25, -0.2) is 0 Å². The van der Waals surface area contributed by atoms with Crippen LogP contribution in [0.2, 0.25) is 0 Å². The Morgan fingerprint density at radius 2 is 1.84 bits per heavy atom. The fourth-order valence-corrected chi connectivity index (χ4v) is 1.37. The normalized spacial score (nSPS) is 9.21. The van der Waals surface area contributed by atoms with Crippen LogP contribution in [0.15, 0.2) is 42.6 Å². The van der Waals surface area contributed by atoms with E-state index in [1.807, 2.05) is 45.3 Å². The minimum Gasteiger partial charge on any atom is -0.457 e. The first-order chi connectivity index (χ1) is 9.19. The molecule has 0 aliphatic carbocycles. The molecular formula is C15H18N2O2. The Balaban J connectivity index is 0.000000550. The van der Waals surface area contributed by atoms with E-state index in [0.29, 0.717) is 17.7 Å². The number of nitrogens with one attached hydrogen (secondary N) is 1. The molecule has 4 heteroatoms. The predicted molar refractivity (Wildman–Crippen MR) is 75.9 cm³/mol. The molecule has 4 nitrogen and oxygen atoms in total. The molecule has 0 spiro atoms. The minimum atomic E-state index is 0.366. The molecule has 1 N–H and O–H groups in total. The number of aromatic nitrogens is 1. The number of carbonyl (C=O) groups is 1. The Morgan fingerprint density at radius 1 is 1.16 bits per heavy atom. The number of aldehydes is 1. The number of benzene rings is 1. The lowest BCUT2D eigenvalue weighted by atomic mass is 10.2. The summed E-state index contributed by atoms with van der Waals surface area (Å²) in [5.41, 5.74) is 1.49. The maximum atomic E-state index is 10.5. The third kappa shape index (κ3) is 5.31. The Labute approximate surface area is 113 Å². The highest BCUT2D eigenvalue weighted by atomic mass is 16.5. The summed E-state index contributed by atoms with van der Waals surface area (Å²) < 4.78 is 5.60. The molecule has 0 atom stereocenters. The minimum absolute atomic E-state index is 0.366. The second-order valence-electron chi connectivity index (χ2n) is 3.95. The Morgan fingerprint density at radius 3 is 2.47 bits per heavy atom. The molecule has 0 aliphatic heterocycles. The Hall–Kier alpha value is -2.20. The van der Waals surface area contributed by atoms with Crippen molar-refractivity contribution in [3.8, 4) is 11.5 Å². The van der Waals surface area contributed by atoms with Crippen LogP contribution in [-0.2, 0) is 0 Å². The van der Waals surface area contributed by atoms with Crippen LogP contribution in [0.25, 0.3) is 0 Å². The zero-order chi connectivity index (χ0) is 14.1. The van der Waals surface area contributed by atoms with Gasteiger partial charge in [0.1, 0.15) is 17.2 Å². The molecule has 0 amide bonds. The van der Waals surface area contributed by atoms with Gasteiger partial charge in [0.25, 0.3) is 0 Å². The van der Waals surface area contributed by atoms with Crippen molar-refractivity contribution in [2.75, 3.05) is 14.1 Å². The van der Waals surface area contributed by atoms with Crippen LogP contribution < -0.4 is 10.1 Å². The summed E-state index contributed by atoms with van der Waals surface area (Å²) in [7, 11) is 3.75. The van der Waals surface area contributed by atoms with E-state index < -0.39 is 0 Å². The summed E-state index contributed by atoms with van der Waals surface area (Å²) in [6.07, 6.45) is 2.25. The summed E-state index contributed by atoms with van der Waals surface area (Å²) in [6, 6.07) is 11.0. The van der Waals surface area contributed by atoms with Gasteiger partial charge in [-0.05, 0) is 44.8 Å². The molecule has 1 aromatic carbocycles. The quantitative estimate of drug-likeness (QED) is 0.860. The van der Waals surface area contributed by atoms with Gasteiger partial charge >= 0.3 is 0 Å². The molecule has 0 unspecified atom stereocenters. The van der Waals surface area contributed by atoms with E-state index in [0.717, 1.165) is 11.3 Å². The van der Waals surface area contributed by atoms with Crippen molar-refractivity contribution in [1.29, 1.82) is 0 Å². The van der Waals surface area contributed by atoms with E-state index in [9.17, 15) is 4.79 Å². The highest BCUT2D eigenvalue weighted by Gasteiger charge is 1.99. The molecule has 0 radical (unpaired) electrons. The van der Waals surface area contributed by atoms with Crippen LogP contribution in [0, 0.1) is 6.92 Å². The predicted octanol–water partition coefficient (Wildman–Crippen LogP) is 2.83. The summed E-state index contributed by atoms with van der Waals surface area (Å²) in [4.78, 5) is 14.4. The van der Waals surface area contributed by atoms with Crippen molar-refractivity contribution in [3.63, 3.8) is 0 Å². The van der Waals surface area contributed by atoms with Crippen LogP contribution >= 0.6 is 0 Å². The zero-order valence-corrected chi connectivity index (χ0v) is 11.4. The molecule has 0 bridgehead atoms. The van der Waals surface area contributed by atoms with Crippen molar-refractivity contribution in [1.82, 2.24) is 10.3 Å². The van der Waals surface area contributed by atoms with Gasteiger partial charge in [-0.1, -0.05) is 12.1 Å². The molecular weight excluding hydrogens is 240 g/mol. The molecule has 0 saturated carbocycles. The van der Waals surface area contributed by atoms with Crippen LogP contribution in [0.5, 0.6) is 11.5 Å². The number of nitrogens with zero attached hydrogens (tertiary/aromatic N) is 1. The van der Waals surface area contributed by atoms with E-state index in [-0.39, 0.29) is 0 Å². The highest BCUT2D eigenvalue weighted by molar-refractivity contribution is 5.72. The fourth-order valence-electron chi connectivity index (χ4n) is 1.37. The third-order valence-corrected chi connectivity index (χ3v) is 2.10. The van der Waals surface area contributed by atoms with Gasteiger partial charge in [0.2, 0.25) is 0 Å². The van der Waals surface area contributed by atoms with Gasteiger partial charge in [-0.15, -0.1) is 0 Å². The number of hydrogen-bond acceptors (Lipinski definition) is 4. The topological polar surface area (TPSA) is 51.2 Å². The molecule has 0 saturated heterocycles. The number of aryl methyl sites for hydroxylation is 1. The zero-order valence-electron chi connectivity index (χ0n) is 11.4. The van der Waals surface area contributed by atoms with Gasteiger partial charge in [0.15, 0.2) is 6.29 Å². The van der Waals surface area contributed by atoms with E-state index in [2.05, 4.69) is 10.3 Å². The van der Waals surface area contributed by atoms with Gasteiger partial charge in [0, 0.05) is 12.3 Å². The number of rotatable bonds is 3. The van der Waals surface area contributed by atoms with Crippen molar-refractivity contribution in [2.24, 2.45) is 0 Å². The van der Waals surface area contributed by atoms with E-state index in [1.54, 1.807) is 18.3 Å². The second kappa shape index (κ2) is 8.00. The molecule has 1 aromatic heterocycles. The lowest BCUT2D eigenvalue weighted by Gasteiger charge is -2.05. The lowest BCUT2D eigenvalue weighted by Crippen LogP contribution is -1.89. The van der Waals surface area contributed by atoms with Crippen molar-refractivity contribution >= 4 is 6.29 Å². The van der Waals surface area contributed by atoms with Crippen molar-refractivity contribution in [2.45, 2.75) is 6.92 Å². The van der Waals surface area contributed by atoms with Crippen LogP contribution in [0.4, 0.5) is 0 Å². The molecule has 1 heterocycles. The van der Waals surface area contributed by atoms with Gasteiger partial charge < -0.3 is 10.1 Å². The molecule has 2 aromatic rings. The van der Waals surface area contributed by atoms with E-state index in [4.69, 9.17) is 4.74 Å². The van der Waals surface area contributed by atoms with Crippen LogP contribution in [0.3, 0.4) is 0 Å². The lowest BCUT2D eigenvalue weighted by molar-refractivity contribution is 0.111. The summed E-state index contributed by atoms with van der Waals surface area (Å²) in [5.74, 6) is 1.37. The van der Waals surface area contributed by atoms with Crippen LogP contribution in [0.1, 0.15) is 16.1 Å². The van der Waals surface area contributed by atoms with Crippen LogP contribution in [-0.4, -0.2) is 25.4 Å². The SMILES string of the molecule is CNC.Cc1cccc(Oc2ccnc(C=O)c2)c1. The average molecular weight is 258 g/mol. The van der Waals surface area contributed by atoms with Gasteiger partial charge in [0.05, 0.1) is 0 Å². The fraction of sp³-hybridized carbons (Fsp3) is 0.200. The summed E-state index contributed by atoms with van der Waals surface area (Å²) in [6.45, 7) is 2.00. The molecule has 0 fully saturated rings.